The summed E-state index contributed by atoms with van der Waals surface area (Å²) in [6.45, 7) is 1.94. The van der Waals surface area contributed by atoms with Crippen LogP contribution in [0.15, 0.2) is 40.8 Å². The molecule has 1 N–H and O–H groups in total. The van der Waals surface area contributed by atoms with Crippen LogP contribution in [0.4, 0.5) is 0 Å². The number of fused-ring (bicyclic) bond motifs is 3. The molecule has 0 aliphatic heterocycles. The minimum Gasteiger partial charge on any atom is -0.475 e. The fourth-order valence-corrected chi connectivity index (χ4v) is 2.40. The van der Waals surface area contributed by atoms with Crippen LogP contribution in [-0.4, -0.2) is 11.1 Å². The highest BCUT2D eigenvalue weighted by Crippen LogP contribution is 2.32. The van der Waals surface area contributed by atoms with Crippen LogP contribution >= 0.6 is 0 Å². The summed E-state index contributed by atoms with van der Waals surface area (Å²) in [6.07, 6.45) is 0.646. The van der Waals surface area contributed by atoms with E-state index in [0.29, 0.717) is 12.0 Å². The summed E-state index contributed by atoms with van der Waals surface area (Å²) >= 11 is 0. The summed E-state index contributed by atoms with van der Waals surface area (Å²) in [5.74, 6) is -0.948. The third-order valence-electron chi connectivity index (χ3n) is 3.23. The van der Waals surface area contributed by atoms with Crippen molar-refractivity contribution in [3.05, 3.63) is 47.7 Å². The van der Waals surface area contributed by atoms with E-state index in [1.54, 1.807) is 0 Å². The van der Waals surface area contributed by atoms with E-state index < -0.39 is 5.97 Å². The summed E-state index contributed by atoms with van der Waals surface area (Å²) in [6, 6.07) is 11.8. The Morgan fingerprint density at radius 3 is 2.67 bits per heavy atom. The van der Waals surface area contributed by atoms with Gasteiger partial charge in [-0.15, -0.1) is 0 Å². The fourth-order valence-electron chi connectivity index (χ4n) is 2.40. The highest BCUT2D eigenvalue weighted by molar-refractivity contribution is 6.08. The molecular weight excluding hydrogens is 228 g/mol. The van der Waals surface area contributed by atoms with Gasteiger partial charge in [-0.25, -0.2) is 4.79 Å². The Morgan fingerprint density at radius 1 is 1.17 bits per heavy atom. The molecule has 3 aromatic rings. The molecule has 0 atom stereocenters. The first-order chi connectivity index (χ1) is 8.72. The lowest BCUT2D eigenvalue weighted by molar-refractivity contribution is 0.0663. The monoisotopic (exact) mass is 240 g/mol. The van der Waals surface area contributed by atoms with Crippen LogP contribution < -0.4 is 0 Å². The van der Waals surface area contributed by atoms with E-state index in [1.807, 2.05) is 43.3 Å². The Kier molecular flexibility index (Phi) is 2.33. The zero-order chi connectivity index (χ0) is 12.7. The number of furan rings is 1. The van der Waals surface area contributed by atoms with E-state index in [9.17, 15) is 9.90 Å². The van der Waals surface area contributed by atoms with Crippen molar-refractivity contribution in [3.63, 3.8) is 0 Å². The quantitative estimate of drug-likeness (QED) is 0.740. The Labute approximate surface area is 104 Å². The summed E-state index contributed by atoms with van der Waals surface area (Å²) in [4.78, 5) is 11.2. The van der Waals surface area contributed by atoms with Gasteiger partial charge in [-0.3, -0.25) is 0 Å². The molecule has 2 aromatic carbocycles. The second-order valence-corrected chi connectivity index (χ2v) is 4.23. The number of carboxylic acids is 1. The number of hydrogen-bond donors (Lipinski definition) is 1. The number of benzene rings is 2. The van der Waals surface area contributed by atoms with Crippen molar-refractivity contribution < 1.29 is 14.3 Å². The lowest BCUT2D eigenvalue weighted by atomic mass is 10.0. The van der Waals surface area contributed by atoms with Gasteiger partial charge in [0, 0.05) is 16.3 Å². The third kappa shape index (κ3) is 1.40. The van der Waals surface area contributed by atoms with Crippen molar-refractivity contribution >= 4 is 27.7 Å². The molecule has 0 saturated carbocycles. The van der Waals surface area contributed by atoms with Gasteiger partial charge in [0.25, 0.3) is 0 Å². The summed E-state index contributed by atoms with van der Waals surface area (Å²) < 4.78 is 5.57. The van der Waals surface area contributed by atoms with Crippen LogP contribution in [0.5, 0.6) is 0 Å². The predicted octanol–water partition coefficient (Wildman–Crippen LogP) is 3.85. The van der Waals surface area contributed by atoms with Crippen LogP contribution in [-0.2, 0) is 6.42 Å². The first-order valence-corrected chi connectivity index (χ1v) is 5.88. The van der Waals surface area contributed by atoms with Gasteiger partial charge in [-0.1, -0.05) is 43.3 Å². The van der Waals surface area contributed by atoms with Gasteiger partial charge in [0.15, 0.2) is 0 Å². The molecule has 1 aromatic heterocycles. The molecule has 3 heteroatoms. The van der Waals surface area contributed by atoms with Gasteiger partial charge in [0.05, 0.1) is 0 Å². The maximum atomic E-state index is 11.2. The fraction of sp³-hybridized carbons (Fsp3) is 0.133. The van der Waals surface area contributed by atoms with Crippen molar-refractivity contribution in [2.45, 2.75) is 13.3 Å². The Morgan fingerprint density at radius 2 is 1.94 bits per heavy atom. The second-order valence-electron chi connectivity index (χ2n) is 4.23. The molecule has 0 spiro atoms. The minimum absolute atomic E-state index is 0.0591. The van der Waals surface area contributed by atoms with Crippen LogP contribution in [0.1, 0.15) is 23.0 Å². The highest BCUT2D eigenvalue weighted by Gasteiger charge is 2.19. The molecule has 0 aliphatic rings. The number of aromatic carboxylic acids is 1. The van der Waals surface area contributed by atoms with Gasteiger partial charge in [-0.2, -0.15) is 0 Å². The minimum atomic E-state index is -1.01. The van der Waals surface area contributed by atoms with Crippen LogP contribution in [0.3, 0.4) is 0 Å². The van der Waals surface area contributed by atoms with E-state index in [4.69, 9.17) is 4.42 Å². The normalized spacial score (nSPS) is 11.2. The molecule has 0 unspecified atom stereocenters. The molecule has 0 amide bonds. The lowest BCUT2D eigenvalue weighted by Crippen LogP contribution is -1.97. The number of carbonyl (C=O) groups is 1. The van der Waals surface area contributed by atoms with Crippen molar-refractivity contribution in [1.29, 1.82) is 0 Å². The van der Waals surface area contributed by atoms with Gasteiger partial charge < -0.3 is 9.52 Å². The highest BCUT2D eigenvalue weighted by atomic mass is 16.4. The number of carboxylic acid groups (broad SMARTS) is 1. The standard InChI is InChI=1S/C15H12O3/c1-2-10-12-8-7-9-5-3-4-6-11(9)13(12)18-14(10)15(16)17/h3-8H,2H2,1H3,(H,16,17). The molecule has 3 rings (SSSR count). The Hall–Kier alpha value is -2.29. The second kappa shape index (κ2) is 3.88. The molecule has 18 heavy (non-hydrogen) atoms. The van der Waals surface area contributed by atoms with Crippen LogP contribution in [0.2, 0.25) is 0 Å². The molecule has 0 saturated heterocycles. The molecule has 0 fully saturated rings. The van der Waals surface area contributed by atoms with E-state index in [-0.39, 0.29) is 5.76 Å². The molecule has 0 bridgehead atoms. The SMILES string of the molecule is CCc1c(C(=O)O)oc2c1ccc1ccccc12. The number of rotatable bonds is 2. The first kappa shape index (κ1) is 10.8. The molecule has 3 nitrogen and oxygen atoms in total. The van der Waals surface area contributed by atoms with Crippen LogP contribution in [0, 0.1) is 0 Å². The Balaban J connectivity index is 2.49. The molecule has 90 valence electrons. The largest absolute Gasteiger partial charge is 0.475 e. The Bertz CT molecular complexity index is 753. The third-order valence-corrected chi connectivity index (χ3v) is 3.23. The smallest absolute Gasteiger partial charge is 0.372 e. The van der Waals surface area contributed by atoms with Crippen LogP contribution in [0.25, 0.3) is 21.7 Å². The zero-order valence-electron chi connectivity index (χ0n) is 9.93. The maximum absolute atomic E-state index is 11.2. The molecule has 0 aliphatic carbocycles. The zero-order valence-corrected chi connectivity index (χ0v) is 9.93. The van der Waals surface area contributed by atoms with Crippen molar-refractivity contribution in [1.82, 2.24) is 0 Å². The van der Waals surface area contributed by atoms with E-state index in [2.05, 4.69) is 0 Å². The van der Waals surface area contributed by atoms with Crippen molar-refractivity contribution in [2.75, 3.05) is 0 Å². The summed E-state index contributed by atoms with van der Waals surface area (Å²) in [5, 5.41) is 12.1. The van der Waals surface area contributed by atoms with Gasteiger partial charge in [-0.05, 0) is 11.8 Å². The summed E-state index contributed by atoms with van der Waals surface area (Å²) in [5.41, 5.74) is 1.44. The average Bonchev–Trinajstić information content (AvgIpc) is 2.77. The van der Waals surface area contributed by atoms with Crippen molar-refractivity contribution in [3.8, 4) is 0 Å². The van der Waals surface area contributed by atoms with Gasteiger partial charge >= 0.3 is 5.97 Å². The van der Waals surface area contributed by atoms with E-state index in [0.717, 1.165) is 21.7 Å². The van der Waals surface area contributed by atoms with Gasteiger partial charge in [0.1, 0.15) is 5.58 Å². The molecular formula is C15H12O3. The predicted molar refractivity (Wildman–Crippen MR) is 70.1 cm³/mol. The molecule has 1 heterocycles. The van der Waals surface area contributed by atoms with E-state index >= 15 is 0 Å². The molecule has 0 radical (unpaired) electrons. The average molecular weight is 240 g/mol. The summed E-state index contributed by atoms with van der Waals surface area (Å²) in [7, 11) is 0. The lowest BCUT2D eigenvalue weighted by Gasteiger charge is -1.98. The van der Waals surface area contributed by atoms with Gasteiger partial charge in [0.2, 0.25) is 5.76 Å². The topological polar surface area (TPSA) is 50.4 Å². The number of hydrogen-bond acceptors (Lipinski definition) is 2. The maximum Gasteiger partial charge on any atom is 0.372 e. The van der Waals surface area contributed by atoms with E-state index in [1.165, 1.54) is 0 Å². The first-order valence-electron chi connectivity index (χ1n) is 5.88. The number of aryl methyl sites for hydroxylation is 1. The van der Waals surface area contributed by atoms with Crippen molar-refractivity contribution in [2.24, 2.45) is 0 Å².